The van der Waals surface area contributed by atoms with Crippen molar-refractivity contribution in [2.45, 2.75) is 44.1 Å². The lowest BCUT2D eigenvalue weighted by atomic mass is 9.94. The van der Waals surface area contributed by atoms with Crippen LogP contribution in [0.4, 0.5) is 10.5 Å². The molecule has 2 aromatic heterocycles. The average molecular weight is 686 g/mol. The van der Waals surface area contributed by atoms with Crippen LogP contribution in [0.15, 0.2) is 93.4 Å². The maximum atomic E-state index is 13.1. The van der Waals surface area contributed by atoms with Crippen LogP contribution in [0.1, 0.15) is 41.7 Å². The lowest BCUT2D eigenvalue weighted by Crippen LogP contribution is -2.33. The van der Waals surface area contributed by atoms with Gasteiger partial charge in [0.15, 0.2) is 5.43 Å². The number of allylic oxidation sites excluding steroid dienone is 1. The summed E-state index contributed by atoms with van der Waals surface area (Å²) in [5, 5.41) is 23.5. The maximum Gasteiger partial charge on any atom is 0.508 e. The number of benzene rings is 3. The second-order valence-electron chi connectivity index (χ2n) is 11.6. The number of aliphatic hydroxyl groups excluding tert-OH is 1. The third kappa shape index (κ3) is 7.36. The molecule has 0 saturated carbocycles. The lowest BCUT2D eigenvalue weighted by molar-refractivity contribution is -0.385. The number of nitro benzene ring substituents is 1. The Bertz CT molecular complexity index is 2260. The lowest BCUT2D eigenvalue weighted by Gasteiger charge is -2.18. The molecule has 252 valence electrons. The molecule has 0 spiro atoms. The first-order chi connectivity index (χ1) is 23.6. The van der Waals surface area contributed by atoms with Crippen molar-refractivity contribution < 1.29 is 29.0 Å². The van der Waals surface area contributed by atoms with Crippen LogP contribution in [0.3, 0.4) is 0 Å². The number of nitro groups is 1. The SMILES string of the molecule is Cc1cn([C@H]2C[C@H](O)[C@@H](COC(=O)OCC(C/C=C/c3ccc4sc5ccccc5c(=O)c4c3)c3ccccc3[N+](=O)[O-])O2)c(=O)[nH]c1=O. The van der Waals surface area contributed by atoms with Crippen LogP contribution in [0.25, 0.3) is 26.2 Å². The van der Waals surface area contributed by atoms with Gasteiger partial charge in [0.2, 0.25) is 0 Å². The molecule has 0 amide bonds. The molecule has 49 heavy (non-hydrogen) atoms. The van der Waals surface area contributed by atoms with Gasteiger partial charge in [-0.05, 0) is 43.2 Å². The van der Waals surface area contributed by atoms with E-state index in [2.05, 4.69) is 4.98 Å². The van der Waals surface area contributed by atoms with Crippen molar-refractivity contribution in [3.63, 3.8) is 0 Å². The molecule has 14 heteroatoms. The fourth-order valence-corrected chi connectivity index (χ4v) is 6.82. The number of H-pyrrole nitrogens is 1. The van der Waals surface area contributed by atoms with Crippen LogP contribution < -0.4 is 16.7 Å². The molecule has 0 radical (unpaired) electrons. The number of aryl methyl sites for hydroxylation is 1. The molecule has 3 aromatic carbocycles. The van der Waals surface area contributed by atoms with Crippen molar-refractivity contribution in [1.29, 1.82) is 0 Å². The summed E-state index contributed by atoms with van der Waals surface area (Å²) in [6, 6.07) is 19.2. The minimum absolute atomic E-state index is 0.0189. The second kappa shape index (κ2) is 14.4. The van der Waals surface area contributed by atoms with Crippen molar-refractivity contribution >= 4 is 49.4 Å². The number of nitrogens with zero attached hydrogens (tertiary/aromatic N) is 2. The van der Waals surface area contributed by atoms with Crippen molar-refractivity contribution in [3.8, 4) is 0 Å². The summed E-state index contributed by atoms with van der Waals surface area (Å²) in [4.78, 5) is 63.2. The van der Waals surface area contributed by atoms with E-state index in [0.717, 1.165) is 19.5 Å². The van der Waals surface area contributed by atoms with Crippen LogP contribution in [0.2, 0.25) is 0 Å². The summed E-state index contributed by atoms with van der Waals surface area (Å²) in [5.74, 6) is -0.625. The Kier molecular flexibility index (Phi) is 9.80. The molecule has 13 nitrogen and oxygen atoms in total. The van der Waals surface area contributed by atoms with Crippen LogP contribution in [0.5, 0.6) is 0 Å². The zero-order chi connectivity index (χ0) is 34.7. The van der Waals surface area contributed by atoms with E-state index in [1.54, 1.807) is 30.3 Å². The standard InChI is InChI=1S/C35H31N3O10S/c1-20-17-37(34(42)36-33(20)41)31-16-27(39)28(48-31)19-47-35(43)46-18-22(23-9-2-4-11-26(23)38(44)45)8-6-7-21-13-14-30-25(15-21)32(40)24-10-3-5-12-29(24)49-30/h2-7,9-15,17,22,27-28,31,39H,8,16,18-19H2,1H3,(H,36,41,42)/b7-6+/t22?,27-,28+,31+/m0/s1. The van der Waals surface area contributed by atoms with Crippen LogP contribution >= 0.6 is 11.3 Å². The van der Waals surface area contributed by atoms with Crippen LogP contribution in [-0.2, 0) is 14.2 Å². The topological polar surface area (TPSA) is 180 Å². The smallest absolute Gasteiger partial charge is 0.434 e. The first kappa shape index (κ1) is 33.5. The van der Waals surface area contributed by atoms with Gasteiger partial charge in [-0.2, -0.15) is 0 Å². The number of aliphatic hydroxyl groups is 1. The quantitative estimate of drug-likeness (QED) is 0.0862. The van der Waals surface area contributed by atoms with Crippen molar-refractivity contribution in [3.05, 3.63) is 137 Å². The molecule has 2 N–H and O–H groups in total. The van der Waals surface area contributed by atoms with Gasteiger partial charge in [0, 0.05) is 55.9 Å². The van der Waals surface area contributed by atoms with Crippen LogP contribution in [-0.4, -0.2) is 51.2 Å². The number of carbonyl (C=O) groups excluding carboxylic acids is 1. The number of hydrogen-bond donors (Lipinski definition) is 2. The van der Waals surface area contributed by atoms with E-state index in [0.29, 0.717) is 16.3 Å². The minimum Gasteiger partial charge on any atom is -0.434 e. The second-order valence-corrected chi connectivity index (χ2v) is 12.7. The highest BCUT2D eigenvalue weighted by molar-refractivity contribution is 7.24. The normalized spacial score (nSPS) is 18.2. The molecule has 6 rings (SSSR count). The number of hydrogen-bond acceptors (Lipinski definition) is 11. The summed E-state index contributed by atoms with van der Waals surface area (Å²) < 4.78 is 19.2. The van der Waals surface area contributed by atoms with E-state index >= 15 is 0 Å². The zero-order valence-electron chi connectivity index (χ0n) is 26.1. The maximum absolute atomic E-state index is 13.1. The van der Waals surface area contributed by atoms with E-state index in [4.69, 9.17) is 14.2 Å². The van der Waals surface area contributed by atoms with Gasteiger partial charge in [0.05, 0.1) is 11.0 Å². The molecule has 1 fully saturated rings. The van der Waals surface area contributed by atoms with Gasteiger partial charge in [0.25, 0.3) is 11.2 Å². The Morgan fingerprint density at radius 2 is 1.86 bits per heavy atom. The molecule has 5 aromatic rings. The third-order valence-corrected chi connectivity index (χ3v) is 9.48. The number of para-hydroxylation sites is 1. The largest absolute Gasteiger partial charge is 0.508 e. The Morgan fingerprint density at radius 3 is 2.67 bits per heavy atom. The highest BCUT2D eigenvalue weighted by Gasteiger charge is 2.36. The highest BCUT2D eigenvalue weighted by atomic mass is 32.1. The Balaban J connectivity index is 1.13. The Labute approximate surface area is 281 Å². The van der Waals surface area contributed by atoms with E-state index in [1.807, 2.05) is 42.5 Å². The van der Waals surface area contributed by atoms with Crippen molar-refractivity contribution in [1.82, 2.24) is 9.55 Å². The molecular formula is C35H31N3O10S. The van der Waals surface area contributed by atoms with Gasteiger partial charge < -0.3 is 19.3 Å². The highest BCUT2D eigenvalue weighted by Crippen LogP contribution is 2.31. The molecular weight excluding hydrogens is 654 g/mol. The summed E-state index contributed by atoms with van der Waals surface area (Å²) >= 11 is 1.53. The predicted octanol–water partition coefficient (Wildman–Crippen LogP) is 5.17. The van der Waals surface area contributed by atoms with Gasteiger partial charge in [-0.25, -0.2) is 9.59 Å². The molecule has 0 bridgehead atoms. The number of rotatable bonds is 10. The van der Waals surface area contributed by atoms with E-state index in [-0.39, 0.29) is 42.7 Å². The average Bonchev–Trinajstić information content (AvgIpc) is 3.46. The molecule has 4 atom stereocenters. The summed E-state index contributed by atoms with van der Waals surface area (Å²) in [6.45, 7) is 0.884. The predicted molar refractivity (Wildman–Crippen MR) is 183 cm³/mol. The number of carbonyl (C=O) groups is 1. The number of ether oxygens (including phenoxy) is 3. The number of aromatic amines is 1. The summed E-state index contributed by atoms with van der Waals surface area (Å²) in [6.07, 6.45) is 1.20. The molecule has 1 aliphatic rings. The van der Waals surface area contributed by atoms with Crippen molar-refractivity contribution in [2.75, 3.05) is 13.2 Å². The van der Waals surface area contributed by atoms with Gasteiger partial charge >= 0.3 is 11.8 Å². The Hall–Kier alpha value is -5.44. The molecule has 1 saturated heterocycles. The minimum atomic E-state index is -1.07. The van der Waals surface area contributed by atoms with Gasteiger partial charge in [-0.15, -0.1) is 11.3 Å². The third-order valence-electron chi connectivity index (χ3n) is 8.33. The van der Waals surface area contributed by atoms with Crippen LogP contribution in [0, 0.1) is 17.0 Å². The first-order valence-corrected chi connectivity index (χ1v) is 16.2. The number of aromatic nitrogens is 2. The molecule has 1 unspecified atom stereocenters. The molecule has 0 aliphatic carbocycles. The summed E-state index contributed by atoms with van der Waals surface area (Å²) in [7, 11) is 0. The van der Waals surface area contributed by atoms with E-state index < -0.39 is 46.7 Å². The number of nitrogens with one attached hydrogen (secondary N) is 1. The zero-order valence-corrected chi connectivity index (χ0v) is 27.0. The number of fused-ring (bicyclic) bond motifs is 2. The molecule has 1 aliphatic heterocycles. The molecule has 3 heterocycles. The monoisotopic (exact) mass is 685 g/mol. The first-order valence-electron chi connectivity index (χ1n) is 15.4. The Morgan fingerprint density at radius 1 is 1.10 bits per heavy atom. The van der Waals surface area contributed by atoms with Gasteiger partial charge in [0.1, 0.15) is 25.5 Å². The fourth-order valence-electron chi connectivity index (χ4n) is 5.77. The fraction of sp³-hybridized carbons (Fsp3) is 0.257. The summed E-state index contributed by atoms with van der Waals surface area (Å²) in [5.41, 5.74) is -0.0115. The van der Waals surface area contributed by atoms with Gasteiger partial charge in [-0.3, -0.25) is 29.3 Å². The van der Waals surface area contributed by atoms with E-state index in [9.17, 15) is 34.4 Å². The van der Waals surface area contributed by atoms with Gasteiger partial charge in [-0.1, -0.05) is 48.6 Å². The van der Waals surface area contributed by atoms with E-state index in [1.165, 1.54) is 30.5 Å². The van der Waals surface area contributed by atoms with Crippen molar-refractivity contribution in [2.24, 2.45) is 0 Å².